The van der Waals surface area contributed by atoms with Crippen LogP contribution in [0.4, 0.5) is 11.4 Å². The maximum atomic E-state index is 7.09. The molecule has 2 aliphatic rings. The van der Waals surface area contributed by atoms with Crippen LogP contribution >= 0.6 is 0 Å². The fraction of sp³-hybridized carbons (Fsp3) is 0.0625. The summed E-state index contributed by atoms with van der Waals surface area (Å²) in [6.07, 6.45) is 4.26. The first-order chi connectivity index (χ1) is 17.7. The third-order valence-electron chi connectivity index (χ3n) is 6.84. The minimum Gasteiger partial charge on any atom is -0.340 e. The molecule has 1 atom stereocenters. The summed E-state index contributed by atoms with van der Waals surface area (Å²) in [5.74, 6) is 1.61. The first-order valence-corrected chi connectivity index (χ1v) is 12.1. The Labute approximate surface area is 209 Å². The van der Waals surface area contributed by atoms with E-state index in [1.165, 1.54) is 0 Å². The molecule has 0 aliphatic carbocycles. The summed E-state index contributed by atoms with van der Waals surface area (Å²) in [6, 6.07) is 37.9. The second kappa shape index (κ2) is 7.92. The third kappa shape index (κ3) is 3.08. The molecule has 2 heterocycles. The molecule has 0 radical (unpaired) electrons. The predicted octanol–water partition coefficient (Wildman–Crippen LogP) is 6.77. The molecule has 0 saturated carbocycles. The van der Waals surface area contributed by atoms with Crippen LogP contribution in [-0.2, 0) is 0 Å². The monoisotopic (exact) mass is 468 g/mol. The highest BCUT2D eigenvalue weighted by molar-refractivity contribution is 5.97. The maximum absolute atomic E-state index is 7.09. The molecule has 0 aromatic heterocycles. The summed E-state index contributed by atoms with van der Waals surface area (Å²) >= 11 is 0. The van der Waals surface area contributed by atoms with Gasteiger partial charge in [0.05, 0.1) is 11.1 Å². The zero-order valence-electron chi connectivity index (χ0n) is 19.8. The lowest BCUT2D eigenvalue weighted by Gasteiger charge is -2.32. The van der Waals surface area contributed by atoms with Crippen LogP contribution in [0, 0.1) is 6.92 Å². The fourth-order valence-electron chi connectivity index (χ4n) is 5.09. The molecule has 0 N–H and O–H groups in total. The number of nitrogens with zero attached hydrogens (tertiary/aromatic N) is 2. The Hall–Kier alpha value is -4.70. The summed E-state index contributed by atoms with van der Waals surface area (Å²) in [5.41, 5.74) is 4.97. The molecule has 0 unspecified atom stereocenters. The molecule has 7 rings (SSSR count). The molecule has 2 aliphatic heterocycles. The normalized spacial score (nSPS) is 17.9. The Morgan fingerprint density at radius 2 is 1.11 bits per heavy atom. The summed E-state index contributed by atoms with van der Waals surface area (Å²) in [6.45, 7) is 2.07. The number of aryl methyl sites for hydroxylation is 1. The van der Waals surface area contributed by atoms with Gasteiger partial charge in [-0.15, -0.1) is 0 Å². The summed E-state index contributed by atoms with van der Waals surface area (Å²) in [4.78, 5) is 0. The smallest absolute Gasteiger partial charge is 0.340 e. The maximum Gasteiger partial charge on any atom is 0.714 e. The highest BCUT2D eigenvalue weighted by Gasteiger charge is 2.66. The van der Waals surface area contributed by atoms with E-state index < -0.39 is 6.03 Å². The van der Waals surface area contributed by atoms with E-state index in [1.807, 2.05) is 48.5 Å². The van der Waals surface area contributed by atoms with Crippen LogP contribution in [0.3, 0.4) is 0 Å². The van der Waals surface area contributed by atoms with Crippen molar-refractivity contribution < 1.29 is 18.6 Å². The van der Waals surface area contributed by atoms with E-state index in [0.29, 0.717) is 0 Å². The van der Waals surface area contributed by atoms with Crippen molar-refractivity contribution in [2.75, 3.05) is 0 Å². The van der Waals surface area contributed by atoms with Crippen LogP contribution in [0.1, 0.15) is 16.7 Å². The quantitative estimate of drug-likeness (QED) is 0.267. The number of ether oxygens (including phenoxy) is 2. The minimum absolute atomic E-state index is 0.798. The summed E-state index contributed by atoms with van der Waals surface area (Å²) < 4.78 is 18.3. The molecular weight excluding hydrogens is 444 g/mol. The largest absolute Gasteiger partial charge is 0.714 e. The van der Waals surface area contributed by atoms with Gasteiger partial charge < -0.3 is 9.47 Å². The van der Waals surface area contributed by atoms with Gasteiger partial charge in [-0.3, -0.25) is 0 Å². The average Bonchev–Trinajstić information content (AvgIpc) is 2.94. The van der Waals surface area contributed by atoms with Crippen LogP contribution in [0.15, 0.2) is 115 Å². The first-order valence-electron chi connectivity index (χ1n) is 12.1. The molecule has 1 spiro atoms. The van der Waals surface area contributed by atoms with E-state index in [0.717, 1.165) is 50.3 Å². The third-order valence-corrected chi connectivity index (χ3v) is 6.84. The highest BCUT2D eigenvalue weighted by atomic mass is 16.7. The van der Waals surface area contributed by atoms with E-state index in [-0.39, 0.29) is 0 Å². The van der Waals surface area contributed by atoms with Gasteiger partial charge >= 0.3 is 6.03 Å². The number of rotatable bonds is 2. The Balaban J connectivity index is 1.57. The number of fused-ring (bicyclic) bond motifs is 4. The van der Waals surface area contributed by atoms with Gasteiger partial charge in [-0.1, -0.05) is 88.0 Å². The van der Waals surface area contributed by atoms with Crippen molar-refractivity contribution >= 4 is 34.6 Å². The minimum atomic E-state index is -1.32. The van der Waals surface area contributed by atoms with Gasteiger partial charge in [0.1, 0.15) is 0 Å². The predicted molar refractivity (Wildman–Crippen MR) is 142 cm³/mol. The van der Waals surface area contributed by atoms with Gasteiger partial charge in [-0.25, -0.2) is 0 Å². The van der Waals surface area contributed by atoms with E-state index in [2.05, 4.69) is 95.2 Å². The molecule has 0 saturated heterocycles. The van der Waals surface area contributed by atoms with Gasteiger partial charge in [-0.2, -0.15) is 0 Å². The average molecular weight is 469 g/mol. The second-order valence-electron chi connectivity index (χ2n) is 9.12. The summed E-state index contributed by atoms with van der Waals surface area (Å²) in [5, 5.41) is 2.17. The van der Waals surface area contributed by atoms with E-state index >= 15 is 0 Å². The SMILES string of the molecule is Cc1cccc2c1O[C@@]1(Oc3c(ccc4ccccc34)C=[N+]1c1ccccc1)[N+](c1ccccc1)=C2. The molecule has 5 aromatic rings. The molecule has 4 heteroatoms. The van der Waals surface area contributed by atoms with Crippen LogP contribution in [0.5, 0.6) is 11.5 Å². The van der Waals surface area contributed by atoms with Crippen LogP contribution in [-0.4, -0.2) is 27.6 Å². The van der Waals surface area contributed by atoms with Gasteiger partial charge in [0.25, 0.3) is 0 Å². The van der Waals surface area contributed by atoms with Crippen molar-refractivity contribution in [1.82, 2.24) is 0 Å². The van der Waals surface area contributed by atoms with Gasteiger partial charge in [-0.05, 0) is 30.0 Å². The summed E-state index contributed by atoms with van der Waals surface area (Å²) in [7, 11) is 0. The Morgan fingerprint density at radius 3 is 1.81 bits per heavy atom. The Morgan fingerprint density at radius 1 is 0.528 bits per heavy atom. The molecular formula is C32H24N2O2+2. The molecule has 172 valence electrons. The van der Waals surface area contributed by atoms with Crippen LogP contribution < -0.4 is 9.47 Å². The zero-order valence-corrected chi connectivity index (χ0v) is 19.8. The fourth-order valence-corrected chi connectivity index (χ4v) is 5.09. The van der Waals surface area contributed by atoms with Crippen molar-refractivity contribution in [2.24, 2.45) is 0 Å². The van der Waals surface area contributed by atoms with E-state index in [4.69, 9.17) is 9.47 Å². The van der Waals surface area contributed by atoms with Gasteiger partial charge in [0, 0.05) is 29.7 Å². The van der Waals surface area contributed by atoms with E-state index in [9.17, 15) is 0 Å². The van der Waals surface area contributed by atoms with E-state index in [1.54, 1.807) is 0 Å². The molecule has 0 fully saturated rings. The van der Waals surface area contributed by atoms with Crippen LogP contribution in [0.2, 0.25) is 0 Å². The van der Waals surface area contributed by atoms with Gasteiger partial charge in [0.15, 0.2) is 23.9 Å². The first kappa shape index (κ1) is 20.7. The van der Waals surface area contributed by atoms with Crippen molar-refractivity contribution in [3.63, 3.8) is 0 Å². The molecule has 4 nitrogen and oxygen atoms in total. The molecule has 0 amide bonds. The number of hydrogen-bond acceptors (Lipinski definition) is 2. The standard InChI is InChI=1S/C32H24N2O2/c1-23-11-10-13-25-21-33(27-14-4-2-5-15-27)32(35-30(23)25)34(28-16-6-3-7-17-28)22-26-20-19-24-12-8-9-18-29(24)31(26)36-32/h2-22H,1H3/q+2/t32-/m1/s1. The van der Waals surface area contributed by atoms with Crippen molar-refractivity contribution in [1.29, 1.82) is 0 Å². The lowest BCUT2D eigenvalue weighted by molar-refractivity contribution is -0.855. The highest BCUT2D eigenvalue weighted by Crippen LogP contribution is 2.43. The molecule has 0 bridgehead atoms. The lowest BCUT2D eigenvalue weighted by atomic mass is 10.0. The molecule has 5 aromatic carbocycles. The second-order valence-corrected chi connectivity index (χ2v) is 9.12. The van der Waals surface area contributed by atoms with Crippen molar-refractivity contribution in [3.05, 3.63) is 132 Å². The molecule has 36 heavy (non-hydrogen) atoms. The van der Waals surface area contributed by atoms with Crippen LogP contribution in [0.25, 0.3) is 10.8 Å². The lowest BCUT2D eigenvalue weighted by Crippen LogP contribution is -2.62. The number of hydrogen-bond donors (Lipinski definition) is 0. The zero-order chi connectivity index (χ0) is 24.1. The number of para-hydroxylation sites is 3. The Kier molecular flexibility index (Phi) is 4.55. The van der Waals surface area contributed by atoms with Crippen molar-refractivity contribution in [2.45, 2.75) is 13.0 Å². The number of benzene rings is 5. The van der Waals surface area contributed by atoms with Crippen molar-refractivity contribution in [3.8, 4) is 11.5 Å². The topological polar surface area (TPSA) is 24.5 Å². The van der Waals surface area contributed by atoms with Gasteiger partial charge in [0.2, 0.25) is 11.4 Å². The Bertz CT molecular complexity index is 1690.